The molecule has 0 fully saturated rings. The fraction of sp³-hybridized carbons (Fsp3) is 0.154. The van der Waals surface area contributed by atoms with E-state index in [0.29, 0.717) is 22.3 Å². The van der Waals surface area contributed by atoms with Crippen LogP contribution in [-0.2, 0) is 10.1 Å². The van der Waals surface area contributed by atoms with Gasteiger partial charge in [-0.25, -0.2) is 18.1 Å². The van der Waals surface area contributed by atoms with Gasteiger partial charge in [-0.1, -0.05) is 0 Å². The molecule has 0 spiro atoms. The Kier molecular flexibility index (Phi) is 6.26. The van der Waals surface area contributed by atoms with Crippen molar-refractivity contribution in [3.8, 4) is 5.69 Å². The molecule has 0 unspecified atom stereocenters. The Hall–Kier alpha value is -1.70. The monoisotopic (exact) mass is 402 g/mol. The minimum atomic E-state index is -4.54. The second-order valence-electron chi connectivity index (χ2n) is 5.00. The van der Waals surface area contributed by atoms with E-state index in [1.54, 1.807) is 13.8 Å². The topological polar surface area (TPSA) is 145 Å². The maximum Gasteiger partial charge on any atom is 1.00 e. The SMILES string of the molecule is Cc1nsc(N=Nc2c(C)[nH]n(-c3ccc(S(=O)(=O)[O-])cc3)c2=O)n1.[Na+]. The van der Waals surface area contributed by atoms with Crippen LogP contribution in [0.1, 0.15) is 11.5 Å². The molecule has 0 aliphatic carbocycles. The van der Waals surface area contributed by atoms with E-state index in [2.05, 4.69) is 24.7 Å². The molecule has 0 aliphatic heterocycles. The Balaban J connectivity index is 0.00000243. The number of aromatic nitrogens is 4. The average molecular weight is 402 g/mol. The van der Waals surface area contributed by atoms with Gasteiger partial charge < -0.3 is 4.55 Å². The molecule has 1 N–H and O–H groups in total. The molecular formula is C13H11N6NaO4S2. The summed E-state index contributed by atoms with van der Waals surface area (Å²) in [6, 6.07) is 4.95. The van der Waals surface area contributed by atoms with Gasteiger partial charge in [0.05, 0.1) is 16.3 Å². The molecule has 0 bridgehead atoms. The van der Waals surface area contributed by atoms with E-state index in [1.165, 1.54) is 16.8 Å². The number of aromatic amines is 1. The van der Waals surface area contributed by atoms with Crippen LogP contribution in [0.5, 0.6) is 0 Å². The minimum absolute atomic E-state index is 0. The van der Waals surface area contributed by atoms with Crippen molar-refractivity contribution in [3.05, 3.63) is 46.1 Å². The van der Waals surface area contributed by atoms with Crippen molar-refractivity contribution in [2.75, 3.05) is 0 Å². The van der Waals surface area contributed by atoms with Crippen LogP contribution in [0.2, 0.25) is 0 Å². The normalized spacial score (nSPS) is 11.7. The molecule has 0 atom stereocenters. The summed E-state index contributed by atoms with van der Waals surface area (Å²) in [5.74, 6) is 0.565. The summed E-state index contributed by atoms with van der Waals surface area (Å²) in [5, 5.41) is 10.9. The molecule has 26 heavy (non-hydrogen) atoms. The van der Waals surface area contributed by atoms with Crippen LogP contribution in [0.3, 0.4) is 0 Å². The van der Waals surface area contributed by atoms with Gasteiger partial charge in [0, 0.05) is 11.5 Å². The van der Waals surface area contributed by atoms with E-state index < -0.39 is 15.7 Å². The van der Waals surface area contributed by atoms with Crippen LogP contribution < -0.4 is 35.1 Å². The first-order valence-electron chi connectivity index (χ1n) is 6.86. The quantitative estimate of drug-likeness (QED) is 0.335. The van der Waals surface area contributed by atoms with Crippen molar-refractivity contribution >= 4 is 32.5 Å². The van der Waals surface area contributed by atoms with E-state index in [1.807, 2.05) is 0 Å². The number of H-pyrrole nitrogens is 1. The van der Waals surface area contributed by atoms with Crippen LogP contribution >= 0.6 is 11.5 Å². The molecule has 1 aromatic carbocycles. The first-order chi connectivity index (χ1) is 11.8. The number of benzene rings is 1. The Bertz CT molecular complexity index is 1110. The molecular weight excluding hydrogens is 391 g/mol. The van der Waals surface area contributed by atoms with Gasteiger partial charge in [0.2, 0.25) is 5.13 Å². The number of azo groups is 1. The predicted molar refractivity (Wildman–Crippen MR) is 87.9 cm³/mol. The minimum Gasteiger partial charge on any atom is -0.744 e. The van der Waals surface area contributed by atoms with Crippen LogP contribution in [0.25, 0.3) is 5.69 Å². The number of nitrogens with zero attached hydrogens (tertiary/aromatic N) is 5. The second-order valence-corrected chi connectivity index (χ2v) is 7.11. The van der Waals surface area contributed by atoms with E-state index in [0.717, 1.165) is 23.7 Å². The Morgan fingerprint density at radius 2 is 1.85 bits per heavy atom. The summed E-state index contributed by atoms with van der Waals surface area (Å²) in [6.07, 6.45) is 0. The number of hydrogen-bond donors (Lipinski definition) is 1. The van der Waals surface area contributed by atoms with E-state index in [9.17, 15) is 17.8 Å². The third kappa shape index (κ3) is 4.34. The van der Waals surface area contributed by atoms with Crippen molar-refractivity contribution in [2.45, 2.75) is 18.7 Å². The van der Waals surface area contributed by atoms with E-state index in [4.69, 9.17) is 0 Å². The van der Waals surface area contributed by atoms with Crippen molar-refractivity contribution in [1.82, 2.24) is 19.1 Å². The zero-order valence-electron chi connectivity index (χ0n) is 14.0. The molecule has 0 amide bonds. The molecule has 130 valence electrons. The van der Waals surface area contributed by atoms with Crippen LogP contribution in [0.15, 0.2) is 44.2 Å². The van der Waals surface area contributed by atoms with Crippen LogP contribution in [-0.4, -0.2) is 32.1 Å². The van der Waals surface area contributed by atoms with Gasteiger partial charge in [-0.3, -0.25) is 9.89 Å². The number of hydrogen-bond acceptors (Lipinski definition) is 9. The average Bonchev–Trinajstić information content (AvgIpc) is 3.08. The number of rotatable bonds is 4. The Morgan fingerprint density at radius 3 is 2.38 bits per heavy atom. The predicted octanol–water partition coefficient (Wildman–Crippen LogP) is -1.04. The molecule has 2 aromatic heterocycles. The van der Waals surface area contributed by atoms with E-state index in [-0.39, 0.29) is 40.1 Å². The van der Waals surface area contributed by atoms with Crippen molar-refractivity contribution in [1.29, 1.82) is 0 Å². The molecule has 2 heterocycles. The number of nitrogens with one attached hydrogen (secondary N) is 1. The maximum absolute atomic E-state index is 12.5. The Labute approximate surface area is 174 Å². The van der Waals surface area contributed by atoms with Gasteiger partial charge >= 0.3 is 29.6 Å². The van der Waals surface area contributed by atoms with Crippen LogP contribution in [0.4, 0.5) is 10.8 Å². The maximum atomic E-state index is 12.5. The van der Waals surface area contributed by atoms with Gasteiger partial charge in [-0.05, 0) is 38.1 Å². The standard InChI is InChI=1S/C13H12N6O4S2.Na/c1-7-11(15-16-13-14-8(2)18-24-13)12(20)19(17-7)9-3-5-10(6-4-9)25(21,22)23;/h3-6,17H,1-2H3,(H,21,22,23);/q;+1/p-1. The third-order valence-corrected chi connectivity index (χ3v) is 4.72. The smallest absolute Gasteiger partial charge is 0.744 e. The summed E-state index contributed by atoms with van der Waals surface area (Å²) < 4.78 is 38.0. The number of aryl methyl sites for hydroxylation is 2. The molecule has 0 saturated heterocycles. The molecule has 10 nitrogen and oxygen atoms in total. The molecule has 0 aliphatic rings. The fourth-order valence-corrected chi connectivity index (χ4v) is 2.99. The summed E-state index contributed by atoms with van der Waals surface area (Å²) in [7, 11) is -4.54. The third-order valence-electron chi connectivity index (χ3n) is 3.18. The molecule has 13 heteroatoms. The summed E-state index contributed by atoms with van der Waals surface area (Å²) in [4.78, 5) is 16.1. The largest absolute Gasteiger partial charge is 1.00 e. The molecule has 0 radical (unpaired) electrons. The molecule has 0 saturated carbocycles. The molecule has 3 rings (SSSR count). The van der Waals surface area contributed by atoms with E-state index >= 15 is 0 Å². The van der Waals surface area contributed by atoms with Gasteiger partial charge in [0.1, 0.15) is 15.9 Å². The van der Waals surface area contributed by atoms with Gasteiger partial charge in [-0.15, -0.1) is 10.2 Å². The fourth-order valence-electron chi connectivity index (χ4n) is 2.02. The first kappa shape index (κ1) is 20.6. The Morgan fingerprint density at radius 1 is 1.19 bits per heavy atom. The van der Waals surface area contributed by atoms with Gasteiger partial charge in [0.25, 0.3) is 5.56 Å². The van der Waals surface area contributed by atoms with Crippen molar-refractivity contribution in [3.63, 3.8) is 0 Å². The zero-order chi connectivity index (χ0) is 18.2. The van der Waals surface area contributed by atoms with Crippen molar-refractivity contribution in [2.24, 2.45) is 10.2 Å². The summed E-state index contributed by atoms with van der Waals surface area (Å²) in [6.45, 7) is 3.36. The van der Waals surface area contributed by atoms with Gasteiger partial charge in [0.15, 0.2) is 5.69 Å². The summed E-state index contributed by atoms with van der Waals surface area (Å²) in [5.41, 5.74) is 0.442. The van der Waals surface area contributed by atoms with Gasteiger partial charge in [-0.2, -0.15) is 4.37 Å². The zero-order valence-corrected chi connectivity index (χ0v) is 17.6. The summed E-state index contributed by atoms with van der Waals surface area (Å²) >= 11 is 1.06. The molecule has 3 aromatic rings. The van der Waals surface area contributed by atoms with Crippen molar-refractivity contribution < 1.29 is 42.5 Å². The van der Waals surface area contributed by atoms with Crippen LogP contribution in [0, 0.1) is 13.8 Å². The first-order valence-corrected chi connectivity index (χ1v) is 9.04. The second kappa shape index (κ2) is 7.90.